The summed E-state index contributed by atoms with van der Waals surface area (Å²) in [5.74, 6) is -0.681. The normalized spacial score (nSPS) is 10.7. The van der Waals surface area contributed by atoms with Crippen molar-refractivity contribution in [1.82, 2.24) is 30.1 Å². The van der Waals surface area contributed by atoms with Gasteiger partial charge in [-0.05, 0) is 48.9 Å². The van der Waals surface area contributed by atoms with Crippen LogP contribution in [-0.2, 0) is 6.54 Å². The Morgan fingerprint density at radius 1 is 0.968 bits per heavy atom. The highest BCUT2D eigenvalue weighted by Gasteiger charge is 2.11. The van der Waals surface area contributed by atoms with Gasteiger partial charge in [-0.15, -0.1) is 5.10 Å². The molecule has 0 radical (unpaired) electrons. The smallest absolute Gasteiger partial charge is 0.273 e. The number of benzene rings is 2. The van der Waals surface area contributed by atoms with Crippen LogP contribution in [0, 0.1) is 5.82 Å². The Morgan fingerprint density at radius 3 is 2.52 bits per heavy atom. The summed E-state index contributed by atoms with van der Waals surface area (Å²) in [4.78, 5) is 25.8. The second kappa shape index (κ2) is 9.12. The third kappa shape index (κ3) is 4.89. The zero-order chi connectivity index (χ0) is 21.6. The van der Waals surface area contributed by atoms with Crippen LogP contribution >= 0.6 is 0 Å². The van der Waals surface area contributed by atoms with Crippen LogP contribution in [0.1, 0.15) is 16.9 Å². The highest BCUT2D eigenvalue weighted by molar-refractivity contribution is 5.91. The van der Waals surface area contributed by atoms with Crippen LogP contribution in [0.25, 0.3) is 16.9 Å². The van der Waals surface area contributed by atoms with Crippen LogP contribution in [0.2, 0.25) is 0 Å². The van der Waals surface area contributed by atoms with Gasteiger partial charge in [-0.25, -0.2) is 9.07 Å². The molecule has 4 aromatic rings. The Bertz CT molecular complexity index is 1230. The number of aromatic nitrogens is 5. The quantitative estimate of drug-likeness (QED) is 0.465. The Morgan fingerprint density at radius 2 is 1.74 bits per heavy atom. The Balaban J connectivity index is 1.33. The van der Waals surface area contributed by atoms with Gasteiger partial charge in [0, 0.05) is 24.7 Å². The number of rotatable bonds is 7. The molecule has 31 heavy (non-hydrogen) atoms. The lowest BCUT2D eigenvalue weighted by molar-refractivity contribution is 0.0947. The minimum absolute atomic E-state index is 0.206. The molecule has 9 heteroatoms. The standard InChI is InChI=1S/C22H19FN6O2/c23-17-9-7-16(8-10-17)19-11-12-21(30)28(26-19)14-4-13-24-22(31)20-15-25-29(27-20)18-5-2-1-3-6-18/h1-3,5-12,15H,4,13-14H2,(H,24,31). The van der Waals surface area contributed by atoms with Crippen molar-refractivity contribution in [2.75, 3.05) is 6.54 Å². The molecule has 4 rings (SSSR count). The highest BCUT2D eigenvalue weighted by Crippen LogP contribution is 2.15. The first-order chi connectivity index (χ1) is 15.1. The molecule has 2 aromatic carbocycles. The lowest BCUT2D eigenvalue weighted by Gasteiger charge is -2.08. The number of amides is 1. The maximum absolute atomic E-state index is 13.1. The molecule has 0 unspecified atom stereocenters. The fourth-order valence-electron chi connectivity index (χ4n) is 2.96. The Kier molecular flexibility index (Phi) is 5.93. The summed E-state index contributed by atoms with van der Waals surface area (Å²) >= 11 is 0. The van der Waals surface area contributed by atoms with E-state index in [4.69, 9.17) is 0 Å². The SMILES string of the molecule is O=C(NCCCn1nc(-c2ccc(F)cc2)ccc1=O)c1cnn(-c2ccccc2)n1. The predicted octanol–water partition coefficient (Wildman–Crippen LogP) is 2.45. The van der Waals surface area contributed by atoms with Gasteiger partial charge in [-0.3, -0.25) is 9.59 Å². The maximum Gasteiger partial charge on any atom is 0.273 e. The molecule has 0 aliphatic carbocycles. The zero-order valence-corrected chi connectivity index (χ0v) is 16.5. The minimum atomic E-state index is -0.345. The van der Waals surface area contributed by atoms with Gasteiger partial charge in [0.1, 0.15) is 5.82 Å². The molecule has 0 atom stereocenters. The van der Waals surface area contributed by atoms with E-state index in [0.29, 0.717) is 30.8 Å². The first-order valence-corrected chi connectivity index (χ1v) is 9.70. The fraction of sp³-hybridized carbons (Fsp3) is 0.136. The molecule has 2 aromatic heterocycles. The minimum Gasteiger partial charge on any atom is -0.351 e. The average Bonchev–Trinajstić information content (AvgIpc) is 3.29. The second-order valence-corrected chi connectivity index (χ2v) is 6.75. The van der Waals surface area contributed by atoms with Crippen molar-refractivity contribution in [3.63, 3.8) is 0 Å². The van der Waals surface area contributed by atoms with Gasteiger partial charge in [0.05, 0.1) is 17.6 Å². The van der Waals surface area contributed by atoms with Crippen molar-refractivity contribution in [2.24, 2.45) is 0 Å². The summed E-state index contributed by atoms with van der Waals surface area (Å²) in [6.07, 6.45) is 1.90. The van der Waals surface area contributed by atoms with Crippen LogP contribution in [0.5, 0.6) is 0 Å². The molecule has 0 bridgehead atoms. The second-order valence-electron chi connectivity index (χ2n) is 6.75. The number of carbonyl (C=O) groups excluding carboxylic acids is 1. The van der Waals surface area contributed by atoms with Crippen LogP contribution in [0.4, 0.5) is 4.39 Å². The number of para-hydroxylation sites is 1. The average molecular weight is 418 g/mol. The topological polar surface area (TPSA) is 94.7 Å². The maximum atomic E-state index is 13.1. The molecule has 0 spiro atoms. The molecular weight excluding hydrogens is 399 g/mol. The van der Waals surface area contributed by atoms with E-state index in [-0.39, 0.29) is 23.0 Å². The van der Waals surface area contributed by atoms with Gasteiger partial charge in [-0.2, -0.15) is 15.0 Å². The van der Waals surface area contributed by atoms with Crippen LogP contribution in [0.15, 0.2) is 77.7 Å². The zero-order valence-electron chi connectivity index (χ0n) is 16.5. The van der Waals surface area contributed by atoms with Crippen molar-refractivity contribution < 1.29 is 9.18 Å². The Hall–Kier alpha value is -4.14. The number of hydrogen-bond donors (Lipinski definition) is 1. The monoisotopic (exact) mass is 418 g/mol. The predicted molar refractivity (Wildman–Crippen MR) is 112 cm³/mol. The van der Waals surface area contributed by atoms with E-state index in [1.165, 1.54) is 33.9 Å². The number of carbonyl (C=O) groups is 1. The first kappa shape index (κ1) is 20.1. The molecular formula is C22H19FN6O2. The van der Waals surface area contributed by atoms with Crippen molar-refractivity contribution in [2.45, 2.75) is 13.0 Å². The van der Waals surface area contributed by atoms with Crippen molar-refractivity contribution in [3.8, 4) is 16.9 Å². The third-order valence-electron chi connectivity index (χ3n) is 4.55. The van der Waals surface area contributed by atoms with E-state index >= 15 is 0 Å². The molecule has 0 saturated carbocycles. The lowest BCUT2D eigenvalue weighted by Crippen LogP contribution is -2.28. The number of nitrogens with one attached hydrogen (secondary N) is 1. The molecule has 2 heterocycles. The number of nitrogens with zero attached hydrogens (tertiary/aromatic N) is 5. The van der Waals surface area contributed by atoms with Gasteiger partial charge < -0.3 is 5.32 Å². The van der Waals surface area contributed by atoms with Crippen molar-refractivity contribution in [1.29, 1.82) is 0 Å². The number of aryl methyl sites for hydroxylation is 1. The van der Waals surface area contributed by atoms with Gasteiger partial charge in [0.15, 0.2) is 5.69 Å². The van der Waals surface area contributed by atoms with Crippen molar-refractivity contribution >= 4 is 5.91 Å². The Labute approximate surface area is 177 Å². The summed E-state index contributed by atoms with van der Waals surface area (Å²) < 4.78 is 14.4. The van der Waals surface area contributed by atoms with E-state index in [1.807, 2.05) is 30.3 Å². The van der Waals surface area contributed by atoms with Gasteiger partial charge >= 0.3 is 0 Å². The summed E-state index contributed by atoms with van der Waals surface area (Å²) in [6, 6.07) is 18.2. The van der Waals surface area contributed by atoms with Gasteiger partial charge in [0.25, 0.3) is 11.5 Å². The van der Waals surface area contributed by atoms with Crippen molar-refractivity contribution in [3.05, 3.63) is 94.8 Å². The molecule has 0 saturated heterocycles. The summed E-state index contributed by atoms with van der Waals surface area (Å²) in [6.45, 7) is 0.663. The van der Waals surface area contributed by atoms with E-state index in [2.05, 4.69) is 20.6 Å². The highest BCUT2D eigenvalue weighted by atomic mass is 19.1. The molecule has 0 aliphatic heterocycles. The largest absolute Gasteiger partial charge is 0.351 e. The van der Waals surface area contributed by atoms with Crippen LogP contribution < -0.4 is 10.9 Å². The molecule has 0 fully saturated rings. The molecule has 1 amide bonds. The molecule has 156 valence electrons. The number of halogens is 1. The van der Waals surface area contributed by atoms with E-state index in [0.717, 1.165) is 5.69 Å². The van der Waals surface area contributed by atoms with E-state index in [1.54, 1.807) is 18.2 Å². The lowest BCUT2D eigenvalue weighted by atomic mass is 10.1. The molecule has 1 N–H and O–H groups in total. The van der Waals surface area contributed by atoms with E-state index in [9.17, 15) is 14.0 Å². The van der Waals surface area contributed by atoms with Gasteiger partial charge in [-0.1, -0.05) is 18.2 Å². The third-order valence-corrected chi connectivity index (χ3v) is 4.55. The summed E-state index contributed by atoms with van der Waals surface area (Å²) in [7, 11) is 0. The summed E-state index contributed by atoms with van der Waals surface area (Å²) in [5.41, 5.74) is 2.00. The van der Waals surface area contributed by atoms with E-state index < -0.39 is 0 Å². The molecule has 8 nitrogen and oxygen atoms in total. The first-order valence-electron chi connectivity index (χ1n) is 9.70. The van der Waals surface area contributed by atoms with Crippen LogP contribution in [-0.4, -0.2) is 37.2 Å². The van der Waals surface area contributed by atoms with Crippen LogP contribution in [0.3, 0.4) is 0 Å². The number of hydrogen-bond acceptors (Lipinski definition) is 5. The molecule has 0 aliphatic rings. The fourth-order valence-corrected chi connectivity index (χ4v) is 2.96. The van der Waals surface area contributed by atoms with Gasteiger partial charge in [0.2, 0.25) is 0 Å². The summed E-state index contributed by atoms with van der Waals surface area (Å²) in [5, 5.41) is 15.4.